The Balaban J connectivity index is 2.04. The Morgan fingerprint density at radius 2 is 2.06 bits per heavy atom. The van der Waals surface area contributed by atoms with Crippen molar-refractivity contribution in [2.24, 2.45) is 5.92 Å². The average molecular weight is 266 g/mol. The number of fused-ring (bicyclic) bond motifs is 1. The van der Waals surface area contributed by atoms with Crippen molar-refractivity contribution in [3.8, 4) is 11.5 Å². The molecule has 0 amide bonds. The van der Waals surface area contributed by atoms with Gasteiger partial charge in [-0.1, -0.05) is 6.92 Å². The van der Waals surface area contributed by atoms with Crippen LogP contribution in [0, 0.1) is 12.8 Å². The van der Waals surface area contributed by atoms with E-state index in [2.05, 4.69) is 12.6 Å². The predicted octanol–water partition coefficient (Wildman–Crippen LogP) is 2.79. The number of Topliss-reactive ketones (excluding diaryl/α,β-unsaturated/α-hetero) is 1. The van der Waals surface area contributed by atoms with Crippen molar-refractivity contribution >= 4 is 18.4 Å². The van der Waals surface area contributed by atoms with Crippen LogP contribution >= 0.6 is 12.6 Å². The Hall–Kier alpha value is -1.16. The number of aryl methyl sites for hydroxylation is 2. The van der Waals surface area contributed by atoms with Crippen molar-refractivity contribution < 1.29 is 14.3 Å². The van der Waals surface area contributed by atoms with Gasteiger partial charge >= 0.3 is 0 Å². The van der Waals surface area contributed by atoms with E-state index in [1.165, 1.54) is 0 Å². The summed E-state index contributed by atoms with van der Waals surface area (Å²) in [6, 6.07) is 3.96. The van der Waals surface area contributed by atoms with Gasteiger partial charge < -0.3 is 9.47 Å². The van der Waals surface area contributed by atoms with Gasteiger partial charge in [0.25, 0.3) is 0 Å². The topological polar surface area (TPSA) is 35.5 Å². The molecule has 0 saturated heterocycles. The van der Waals surface area contributed by atoms with Crippen LogP contribution in [-0.2, 0) is 11.2 Å². The molecule has 1 heterocycles. The highest BCUT2D eigenvalue weighted by Crippen LogP contribution is 2.35. The van der Waals surface area contributed by atoms with E-state index in [0.717, 1.165) is 29.0 Å². The Morgan fingerprint density at radius 3 is 2.72 bits per heavy atom. The number of carbonyl (C=O) groups is 1. The van der Waals surface area contributed by atoms with Crippen molar-refractivity contribution in [3.05, 3.63) is 23.3 Å². The first-order valence-corrected chi connectivity index (χ1v) is 6.77. The van der Waals surface area contributed by atoms with E-state index in [4.69, 9.17) is 9.47 Å². The third-order valence-corrected chi connectivity index (χ3v) is 3.84. The number of ketones is 1. The second-order valence-corrected chi connectivity index (χ2v) is 5.05. The lowest BCUT2D eigenvalue weighted by atomic mass is 9.98. The summed E-state index contributed by atoms with van der Waals surface area (Å²) < 4.78 is 10.7. The van der Waals surface area contributed by atoms with Gasteiger partial charge in [-0.25, -0.2) is 0 Å². The molecular formula is C14H18O3S. The monoisotopic (exact) mass is 266 g/mol. The Bertz CT molecular complexity index is 457. The van der Waals surface area contributed by atoms with E-state index in [1.807, 2.05) is 26.0 Å². The molecule has 2 rings (SSSR count). The molecule has 0 N–H and O–H groups in total. The number of benzene rings is 1. The third kappa shape index (κ3) is 2.80. The number of ether oxygens (including phenoxy) is 2. The van der Waals surface area contributed by atoms with Crippen LogP contribution in [-0.4, -0.2) is 18.3 Å². The summed E-state index contributed by atoms with van der Waals surface area (Å²) in [4.78, 5) is 11.8. The lowest BCUT2D eigenvalue weighted by molar-refractivity contribution is -0.121. The van der Waals surface area contributed by atoms with Gasteiger partial charge in [0.2, 0.25) is 6.79 Å². The van der Waals surface area contributed by atoms with Crippen molar-refractivity contribution in [1.82, 2.24) is 0 Å². The zero-order valence-electron chi connectivity index (χ0n) is 10.7. The second kappa shape index (κ2) is 5.65. The Labute approximate surface area is 113 Å². The molecule has 4 heteroatoms. The summed E-state index contributed by atoms with van der Waals surface area (Å²) in [5, 5.41) is 0. The highest BCUT2D eigenvalue weighted by atomic mass is 32.1. The minimum atomic E-state index is 0.0302. The molecule has 0 unspecified atom stereocenters. The first-order valence-electron chi connectivity index (χ1n) is 6.14. The molecule has 0 fully saturated rings. The van der Waals surface area contributed by atoms with Crippen LogP contribution in [0.4, 0.5) is 0 Å². The molecule has 0 aliphatic carbocycles. The van der Waals surface area contributed by atoms with Crippen LogP contribution < -0.4 is 9.47 Å². The fourth-order valence-electron chi connectivity index (χ4n) is 1.96. The first-order chi connectivity index (χ1) is 8.61. The molecule has 1 aliphatic rings. The zero-order valence-corrected chi connectivity index (χ0v) is 11.6. The predicted molar refractivity (Wildman–Crippen MR) is 73.6 cm³/mol. The van der Waals surface area contributed by atoms with Crippen molar-refractivity contribution in [2.75, 3.05) is 12.5 Å². The molecule has 1 aromatic carbocycles. The smallest absolute Gasteiger partial charge is 0.231 e. The molecule has 3 nitrogen and oxygen atoms in total. The Morgan fingerprint density at radius 1 is 1.39 bits per heavy atom. The zero-order chi connectivity index (χ0) is 13.1. The molecular weight excluding hydrogens is 248 g/mol. The van der Waals surface area contributed by atoms with E-state index in [0.29, 0.717) is 12.2 Å². The summed E-state index contributed by atoms with van der Waals surface area (Å²) in [5.74, 6) is 2.49. The molecule has 0 spiro atoms. The van der Waals surface area contributed by atoms with Crippen molar-refractivity contribution in [3.63, 3.8) is 0 Å². The van der Waals surface area contributed by atoms with Crippen LogP contribution in [0.2, 0.25) is 0 Å². The van der Waals surface area contributed by atoms with E-state index < -0.39 is 0 Å². The van der Waals surface area contributed by atoms with Crippen LogP contribution in [0.25, 0.3) is 0 Å². The number of thiol groups is 1. The summed E-state index contributed by atoms with van der Waals surface area (Å²) in [5.41, 5.74) is 2.30. The molecule has 1 aliphatic heterocycles. The molecule has 0 radical (unpaired) electrons. The van der Waals surface area contributed by atoms with Gasteiger partial charge in [0, 0.05) is 12.3 Å². The molecule has 1 aromatic rings. The normalized spacial score (nSPS) is 14.6. The van der Waals surface area contributed by atoms with Gasteiger partial charge in [0.15, 0.2) is 11.5 Å². The Kier molecular flexibility index (Phi) is 4.17. The van der Waals surface area contributed by atoms with Crippen LogP contribution in [0.15, 0.2) is 12.1 Å². The quantitative estimate of drug-likeness (QED) is 0.832. The van der Waals surface area contributed by atoms with Crippen LogP contribution in [0.1, 0.15) is 24.5 Å². The van der Waals surface area contributed by atoms with Crippen LogP contribution in [0.3, 0.4) is 0 Å². The maximum absolute atomic E-state index is 11.8. The van der Waals surface area contributed by atoms with Gasteiger partial charge in [-0.2, -0.15) is 12.6 Å². The fourth-order valence-corrected chi connectivity index (χ4v) is 2.16. The maximum Gasteiger partial charge on any atom is 0.231 e. The van der Waals surface area contributed by atoms with Gasteiger partial charge in [-0.05, 0) is 42.4 Å². The summed E-state index contributed by atoms with van der Waals surface area (Å²) >= 11 is 4.15. The van der Waals surface area contributed by atoms with Gasteiger partial charge in [-0.15, -0.1) is 0 Å². The molecule has 0 aromatic heterocycles. The lowest BCUT2D eigenvalue weighted by Crippen LogP contribution is -2.13. The largest absolute Gasteiger partial charge is 0.454 e. The second-order valence-electron chi connectivity index (χ2n) is 4.68. The summed E-state index contributed by atoms with van der Waals surface area (Å²) in [6.45, 7) is 4.24. The summed E-state index contributed by atoms with van der Waals surface area (Å²) in [7, 11) is 0. The standard InChI is InChI=1S/C14H18O3S/c1-9-5-13-14(17-8-16-13)6-11(9)3-4-12(15)10(2)7-18/h5-6,10,18H,3-4,7-8H2,1-2H3/t10-/m0/s1. The van der Waals surface area contributed by atoms with E-state index in [9.17, 15) is 4.79 Å². The molecule has 0 bridgehead atoms. The molecule has 1 atom stereocenters. The number of carbonyl (C=O) groups excluding carboxylic acids is 1. The molecule has 18 heavy (non-hydrogen) atoms. The third-order valence-electron chi connectivity index (χ3n) is 3.30. The van der Waals surface area contributed by atoms with Crippen molar-refractivity contribution in [1.29, 1.82) is 0 Å². The molecule has 0 saturated carbocycles. The van der Waals surface area contributed by atoms with Gasteiger partial charge in [0.1, 0.15) is 5.78 Å². The first kappa shape index (κ1) is 13.3. The lowest BCUT2D eigenvalue weighted by Gasteiger charge is -2.09. The minimum absolute atomic E-state index is 0.0302. The number of rotatable bonds is 5. The van der Waals surface area contributed by atoms with E-state index in [-0.39, 0.29) is 18.5 Å². The van der Waals surface area contributed by atoms with E-state index >= 15 is 0 Å². The van der Waals surface area contributed by atoms with Crippen LogP contribution in [0.5, 0.6) is 11.5 Å². The average Bonchev–Trinajstić information content (AvgIpc) is 2.81. The SMILES string of the molecule is Cc1cc2c(cc1CCC(=O)[C@@H](C)CS)OCO2. The highest BCUT2D eigenvalue weighted by molar-refractivity contribution is 7.80. The number of hydrogen-bond acceptors (Lipinski definition) is 4. The fraction of sp³-hybridized carbons (Fsp3) is 0.500. The number of hydrogen-bond donors (Lipinski definition) is 1. The molecule has 98 valence electrons. The highest BCUT2D eigenvalue weighted by Gasteiger charge is 2.17. The van der Waals surface area contributed by atoms with E-state index in [1.54, 1.807) is 0 Å². The maximum atomic E-state index is 11.8. The van der Waals surface area contributed by atoms with Gasteiger partial charge in [-0.3, -0.25) is 4.79 Å². The van der Waals surface area contributed by atoms with Crippen molar-refractivity contribution in [2.45, 2.75) is 26.7 Å². The summed E-state index contributed by atoms with van der Waals surface area (Å²) in [6.07, 6.45) is 1.31. The minimum Gasteiger partial charge on any atom is -0.454 e. The van der Waals surface area contributed by atoms with Gasteiger partial charge in [0.05, 0.1) is 0 Å².